The number of hydrogen-bond acceptors (Lipinski definition) is 5. The van der Waals surface area contributed by atoms with Gasteiger partial charge in [0.2, 0.25) is 0 Å². The van der Waals surface area contributed by atoms with Crippen molar-refractivity contribution < 1.29 is 23.8 Å². The fraction of sp³-hybridized carbons (Fsp3) is 0.455. The van der Waals surface area contributed by atoms with Crippen LogP contribution in [0.25, 0.3) is 0 Å². The molecular formula is C22H27NO5. The van der Waals surface area contributed by atoms with Crippen LogP contribution in [0.4, 0.5) is 4.79 Å². The van der Waals surface area contributed by atoms with Crippen molar-refractivity contribution in [2.24, 2.45) is 11.8 Å². The van der Waals surface area contributed by atoms with Crippen molar-refractivity contribution in [1.29, 1.82) is 0 Å². The van der Waals surface area contributed by atoms with Gasteiger partial charge in [-0.1, -0.05) is 35.9 Å². The molecule has 3 rings (SSSR count). The van der Waals surface area contributed by atoms with E-state index in [4.69, 9.17) is 14.2 Å². The number of alkyl carbamates (subject to hydrolysis) is 1. The zero-order valence-corrected chi connectivity index (χ0v) is 16.6. The van der Waals surface area contributed by atoms with Crippen molar-refractivity contribution in [3.8, 4) is 0 Å². The van der Waals surface area contributed by atoms with Crippen LogP contribution in [-0.2, 0) is 25.4 Å². The van der Waals surface area contributed by atoms with E-state index in [1.807, 2.05) is 19.1 Å². The molecule has 150 valence electrons. The summed E-state index contributed by atoms with van der Waals surface area (Å²) < 4.78 is 15.9. The minimum absolute atomic E-state index is 0.0833. The lowest BCUT2D eigenvalue weighted by Crippen LogP contribution is -2.40. The molecule has 1 aliphatic carbocycles. The number of rotatable bonds is 6. The molecule has 1 aliphatic heterocycles. The Morgan fingerprint density at radius 1 is 1.25 bits per heavy atom. The maximum Gasteiger partial charge on any atom is 0.410 e. The largest absolute Gasteiger partial charge is 0.466 e. The molecule has 0 radical (unpaired) electrons. The lowest BCUT2D eigenvalue weighted by Gasteiger charge is -2.33. The lowest BCUT2D eigenvalue weighted by molar-refractivity contribution is -0.141. The van der Waals surface area contributed by atoms with E-state index in [2.05, 4.69) is 30.4 Å². The zero-order chi connectivity index (χ0) is 20.1. The van der Waals surface area contributed by atoms with E-state index >= 15 is 0 Å². The molecule has 2 aliphatic rings. The highest BCUT2D eigenvalue weighted by Gasteiger charge is 2.44. The average molecular weight is 385 g/mol. The monoisotopic (exact) mass is 385 g/mol. The summed E-state index contributed by atoms with van der Waals surface area (Å²) in [4.78, 5) is 24.2. The number of fused-ring (bicyclic) bond motifs is 1. The highest BCUT2D eigenvalue weighted by Crippen LogP contribution is 2.43. The van der Waals surface area contributed by atoms with Gasteiger partial charge in [0.1, 0.15) is 0 Å². The molecule has 0 bridgehead atoms. The number of carbonyl (C=O) groups excluding carboxylic acids is 2. The van der Waals surface area contributed by atoms with Gasteiger partial charge in [0.15, 0.2) is 0 Å². The molecule has 1 amide bonds. The molecule has 1 heterocycles. The summed E-state index contributed by atoms with van der Waals surface area (Å²) in [6, 6.07) is 8.23. The first-order chi connectivity index (χ1) is 13.5. The SMILES string of the molecule is COC(=O)C1=COC(OC(=O)NCCCc2ccccc2C)C2C(C)=CCC12. The number of esters is 1. The summed E-state index contributed by atoms with van der Waals surface area (Å²) in [6.45, 7) is 4.57. The number of allylic oxidation sites excluding steroid dienone is 1. The molecule has 6 nitrogen and oxygen atoms in total. The first-order valence-electron chi connectivity index (χ1n) is 9.60. The second-order valence-corrected chi connectivity index (χ2v) is 7.25. The molecule has 0 spiro atoms. The lowest BCUT2D eigenvalue weighted by atomic mass is 9.84. The molecule has 1 aromatic carbocycles. The van der Waals surface area contributed by atoms with Gasteiger partial charge in [-0.05, 0) is 44.2 Å². The van der Waals surface area contributed by atoms with E-state index in [9.17, 15) is 9.59 Å². The van der Waals surface area contributed by atoms with Crippen molar-refractivity contribution in [3.63, 3.8) is 0 Å². The smallest absolute Gasteiger partial charge is 0.410 e. The molecule has 3 atom stereocenters. The van der Waals surface area contributed by atoms with E-state index in [-0.39, 0.29) is 11.8 Å². The number of methoxy groups -OCH3 is 1. The Balaban J connectivity index is 1.51. The maximum absolute atomic E-state index is 12.2. The Labute approximate surface area is 165 Å². The number of nitrogens with one attached hydrogen (secondary N) is 1. The Hall–Kier alpha value is -2.76. The van der Waals surface area contributed by atoms with Crippen molar-refractivity contribution in [1.82, 2.24) is 5.32 Å². The number of carbonyl (C=O) groups is 2. The number of benzene rings is 1. The van der Waals surface area contributed by atoms with Gasteiger partial charge in [0, 0.05) is 12.5 Å². The van der Waals surface area contributed by atoms with E-state index in [1.54, 1.807) is 0 Å². The first kappa shape index (κ1) is 20.0. The quantitative estimate of drug-likeness (QED) is 0.460. The molecule has 1 N–H and O–H groups in total. The second-order valence-electron chi connectivity index (χ2n) is 7.25. The van der Waals surface area contributed by atoms with Gasteiger partial charge in [0.25, 0.3) is 6.29 Å². The highest BCUT2D eigenvalue weighted by molar-refractivity contribution is 5.89. The Morgan fingerprint density at radius 2 is 2.04 bits per heavy atom. The highest BCUT2D eigenvalue weighted by atomic mass is 16.7. The van der Waals surface area contributed by atoms with Crippen LogP contribution in [0.2, 0.25) is 0 Å². The van der Waals surface area contributed by atoms with Crippen LogP contribution in [0.3, 0.4) is 0 Å². The predicted molar refractivity (Wildman–Crippen MR) is 104 cm³/mol. The van der Waals surface area contributed by atoms with Crippen LogP contribution < -0.4 is 5.32 Å². The van der Waals surface area contributed by atoms with Gasteiger partial charge in [-0.15, -0.1) is 0 Å². The third kappa shape index (κ3) is 4.38. The first-order valence-corrected chi connectivity index (χ1v) is 9.60. The van der Waals surface area contributed by atoms with E-state index in [0.29, 0.717) is 18.5 Å². The molecule has 0 saturated carbocycles. The normalized spacial score (nSPS) is 23.0. The summed E-state index contributed by atoms with van der Waals surface area (Å²) >= 11 is 0. The fourth-order valence-electron chi connectivity index (χ4n) is 3.88. The minimum atomic E-state index is -0.742. The topological polar surface area (TPSA) is 73.9 Å². The Bertz CT molecular complexity index is 798. The molecule has 0 saturated heterocycles. The standard InChI is InChI=1S/C22H27NO5/c1-14-7-4-5-8-16(14)9-6-12-23-22(25)28-21-19-15(2)10-11-17(19)18(13-27-21)20(24)26-3/h4-5,7-8,10,13,17,19,21H,6,9,11-12H2,1-3H3,(H,23,25). The van der Waals surface area contributed by atoms with E-state index < -0.39 is 18.4 Å². The van der Waals surface area contributed by atoms with Crippen molar-refractivity contribution in [3.05, 3.63) is 58.9 Å². The number of ether oxygens (including phenoxy) is 3. The molecule has 3 unspecified atom stereocenters. The van der Waals surface area contributed by atoms with Gasteiger partial charge in [-0.3, -0.25) is 0 Å². The van der Waals surface area contributed by atoms with Gasteiger partial charge in [0.05, 0.1) is 24.9 Å². The van der Waals surface area contributed by atoms with Gasteiger partial charge < -0.3 is 19.5 Å². The van der Waals surface area contributed by atoms with Crippen molar-refractivity contribution in [2.45, 2.75) is 39.4 Å². The average Bonchev–Trinajstić information content (AvgIpc) is 3.08. The molecule has 1 aromatic rings. The Morgan fingerprint density at radius 3 is 2.79 bits per heavy atom. The molecule has 0 fully saturated rings. The van der Waals surface area contributed by atoms with Crippen LogP contribution in [0.1, 0.15) is 30.9 Å². The predicted octanol–water partition coefficient (Wildman–Crippen LogP) is 3.65. The summed E-state index contributed by atoms with van der Waals surface area (Å²) in [5, 5.41) is 2.79. The number of hydrogen-bond donors (Lipinski definition) is 1. The molecule has 6 heteroatoms. The Kier molecular flexibility index (Phi) is 6.39. The number of aryl methyl sites for hydroxylation is 2. The molecule has 0 aromatic heterocycles. The second kappa shape index (κ2) is 8.95. The summed E-state index contributed by atoms with van der Waals surface area (Å²) in [6.07, 6.45) is 4.59. The van der Waals surface area contributed by atoms with Crippen LogP contribution in [0, 0.1) is 18.8 Å². The van der Waals surface area contributed by atoms with Crippen LogP contribution in [0.5, 0.6) is 0 Å². The van der Waals surface area contributed by atoms with Gasteiger partial charge in [-0.2, -0.15) is 0 Å². The van der Waals surface area contributed by atoms with Crippen LogP contribution >= 0.6 is 0 Å². The summed E-state index contributed by atoms with van der Waals surface area (Å²) in [7, 11) is 1.35. The van der Waals surface area contributed by atoms with Gasteiger partial charge >= 0.3 is 12.1 Å². The van der Waals surface area contributed by atoms with Crippen molar-refractivity contribution in [2.75, 3.05) is 13.7 Å². The molecule has 28 heavy (non-hydrogen) atoms. The minimum Gasteiger partial charge on any atom is -0.466 e. The molecular weight excluding hydrogens is 358 g/mol. The summed E-state index contributed by atoms with van der Waals surface area (Å²) in [5.41, 5.74) is 4.07. The van der Waals surface area contributed by atoms with Crippen LogP contribution in [0.15, 0.2) is 47.7 Å². The third-order valence-corrected chi connectivity index (χ3v) is 5.47. The fourth-order valence-corrected chi connectivity index (χ4v) is 3.88. The zero-order valence-electron chi connectivity index (χ0n) is 16.6. The summed E-state index contributed by atoms with van der Waals surface area (Å²) in [5.74, 6) is -0.658. The maximum atomic E-state index is 12.2. The van der Waals surface area contributed by atoms with Crippen molar-refractivity contribution >= 4 is 12.1 Å². The van der Waals surface area contributed by atoms with E-state index in [0.717, 1.165) is 18.4 Å². The van der Waals surface area contributed by atoms with Gasteiger partial charge in [-0.25, -0.2) is 9.59 Å². The van der Waals surface area contributed by atoms with E-state index in [1.165, 1.54) is 24.5 Å². The number of amides is 1. The van der Waals surface area contributed by atoms with Crippen LogP contribution in [-0.4, -0.2) is 32.0 Å². The third-order valence-electron chi connectivity index (χ3n) is 5.47.